The fraction of sp³-hybridized carbons (Fsp3) is 1.00. The molecule has 3 atom stereocenters. The maximum atomic E-state index is 6.19. The molecule has 0 rings (SSSR count). The molecule has 110 valence electrons. The molecule has 0 amide bonds. The van der Waals surface area contributed by atoms with Crippen molar-refractivity contribution in [3.8, 4) is 0 Å². The zero-order chi connectivity index (χ0) is 14.3. The lowest BCUT2D eigenvalue weighted by atomic mass is 10.5. The number of hydrogen-bond acceptors (Lipinski definition) is 4. The monoisotopic (exact) mass is 294 g/mol. The van der Waals surface area contributed by atoms with E-state index in [0.29, 0.717) is 0 Å². The summed E-state index contributed by atoms with van der Waals surface area (Å²) in [4.78, 5) is 0. The van der Waals surface area contributed by atoms with Crippen LogP contribution in [0.15, 0.2) is 0 Å². The molecule has 18 heavy (non-hydrogen) atoms. The molecule has 6 heteroatoms. The number of hydrogen-bond donors (Lipinski definition) is 0. The van der Waals surface area contributed by atoms with Gasteiger partial charge in [0.05, 0.1) is 5.73 Å². The van der Waals surface area contributed by atoms with Crippen molar-refractivity contribution in [1.29, 1.82) is 0 Å². The lowest BCUT2D eigenvalue weighted by Gasteiger charge is -2.35. The SMILES string of the molecule is CCC(OC(C)OC(C)OC)[Si](C)(C)O[SiH](C)C. The Morgan fingerprint density at radius 1 is 1.06 bits per heavy atom. The Kier molecular flexibility index (Phi) is 8.57. The van der Waals surface area contributed by atoms with Crippen molar-refractivity contribution in [2.75, 3.05) is 7.11 Å². The number of ether oxygens (including phenoxy) is 3. The molecule has 0 fully saturated rings. The highest BCUT2D eigenvalue weighted by Gasteiger charge is 2.35. The average molecular weight is 295 g/mol. The minimum absolute atomic E-state index is 0.159. The van der Waals surface area contributed by atoms with Gasteiger partial charge in [-0.05, 0) is 46.5 Å². The summed E-state index contributed by atoms with van der Waals surface area (Å²) < 4.78 is 22.8. The van der Waals surface area contributed by atoms with Crippen LogP contribution in [0.5, 0.6) is 0 Å². The van der Waals surface area contributed by atoms with Gasteiger partial charge in [-0.3, -0.25) is 0 Å². The van der Waals surface area contributed by atoms with Crippen LogP contribution in [0, 0.1) is 0 Å². The fourth-order valence-corrected chi connectivity index (χ4v) is 8.99. The van der Waals surface area contributed by atoms with E-state index in [1.807, 2.05) is 13.8 Å². The van der Waals surface area contributed by atoms with E-state index in [1.54, 1.807) is 7.11 Å². The maximum absolute atomic E-state index is 6.19. The molecule has 0 bridgehead atoms. The normalized spacial score (nSPS) is 17.8. The van der Waals surface area contributed by atoms with Crippen LogP contribution < -0.4 is 0 Å². The minimum Gasteiger partial charge on any atom is -0.457 e. The van der Waals surface area contributed by atoms with E-state index in [2.05, 4.69) is 33.1 Å². The molecule has 0 saturated heterocycles. The molecule has 0 aromatic heterocycles. The lowest BCUT2D eigenvalue weighted by molar-refractivity contribution is -0.230. The molecular formula is C12H30O4Si2. The van der Waals surface area contributed by atoms with Gasteiger partial charge < -0.3 is 18.3 Å². The van der Waals surface area contributed by atoms with Crippen molar-refractivity contribution in [3.63, 3.8) is 0 Å². The summed E-state index contributed by atoms with van der Waals surface area (Å²) in [7, 11) is -1.20. The standard InChI is InChI=1S/C12H30O4Si2/c1-9-12(18(7,8)16-17(5)6)15-11(3)14-10(2)13-4/h10-12,17H,9H2,1-8H3. The number of rotatable bonds is 9. The Morgan fingerprint density at radius 2 is 1.61 bits per heavy atom. The molecule has 0 aliphatic rings. The zero-order valence-corrected chi connectivity index (χ0v) is 15.3. The van der Waals surface area contributed by atoms with E-state index in [0.717, 1.165) is 6.42 Å². The third kappa shape index (κ3) is 7.01. The molecule has 0 N–H and O–H groups in total. The first-order chi connectivity index (χ1) is 8.22. The topological polar surface area (TPSA) is 36.9 Å². The second kappa shape index (κ2) is 8.45. The van der Waals surface area contributed by atoms with E-state index >= 15 is 0 Å². The van der Waals surface area contributed by atoms with E-state index in [4.69, 9.17) is 18.3 Å². The Bertz CT molecular complexity index is 224. The van der Waals surface area contributed by atoms with Gasteiger partial charge in [-0.1, -0.05) is 6.92 Å². The molecule has 0 saturated carbocycles. The molecule has 0 spiro atoms. The number of methoxy groups -OCH3 is 1. The molecule has 0 radical (unpaired) electrons. The van der Waals surface area contributed by atoms with Gasteiger partial charge in [0.25, 0.3) is 0 Å². The highest BCUT2D eigenvalue weighted by atomic mass is 28.4. The van der Waals surface area contributed by atoms with Gasteiger partial charge in [0.2, 0.25) is 8.32 Å². The van der Waals surface area contributed by atoms with Crippen molar-refractivity contribution in [2.45, 2.75) is 71.7 Å². The second-order valence-corrected chi connectivity index (χ2v) is 12.2. The van der Waals surface area contributed by atoms with Gasteiger partial charge in [0.1, 0.15) is 0 Å². The highest BCUT2D eigenvalue weighted by Crippen LogP contribution is 2.20. The predicted octanol–water partition coefficient (Wildman–Crippen LogP) is 2.88. The largest absolute Gasteiger partial charge is 0.457 e. The van der Waals surface area contributed by atoms with Gasteiger partial charge in [-0.15, -0.1) is 0 Å². The first-order valence-electron chi connectivity index (χ1n) is 6.74. The van der Waals surface area contributed by atoms with Gasteiger partial charge in [-0.2, -0.15) is 0 Å². The van der Waals surface area contributed by atoms with Crippen LogP contribution in [0.2, 0.25) is 26.2 Å². The van der Waals surface area contributed by atoms with Crippen LogP contribution in [-0.2, 0) is 18.3 Å². The first kappa shape index (κ1) is 18.3. The van der Waals surface area contributed by atoms with Crippen molar-refractivity contribution >= 4 is 17.4 Å². The minimum atomic E-state index is -1.80. The van der Waals surface area contributed by atoms with E-state index < -0.39 is 17.4 Å². The Hall–Kier alpha value is 0.274. The third-order valence-electron chi connectivity index (χ3n) is 2.76. The summed E-state index contributed by atoms with van der Waals surface area (Å²) in [5.41, 5.74) is 0.159. The smallest absolute Gasteiger partial charge is 0.202 e. The van der Waals surface area contributed by atoms with Crippen molar-refractivity contribution in [3.05, 3.63) is 0 Å². The quantitative estimate of drug-likeness (QED) is 0.484. The Labute approximate surface area is 115 Å². The van der Waals surface area contributed by atoms with Crippen LogP contribution in [0.4, 0.5) is 0 Å². The molecule has 0 aliphatic carbocycles. The van der Waals surface area contributed by atoms with Crippen LogP contribution in [0.1, 0.15) is 27.2 Å². The lowest BCUT2D eigenvalue weighted by Crippen LogP contribution is -2.50. The molecule has 0 aliphatic heterocycles. The van der Waals surface area contributed by atoms with Gasteiger partial charge in [-0.25, -0.2) is 0 Å². The van der Waals surface area contributed by atoms with Gasteiger partial charge >= 0.3 is 0 Å². The predicted molar refractivity (Wildman–Crippen MR) is 79.6 cm³/mol. The summed E-state index contributed by atoms with van der Waals surface area (Å²) in [6.45, 7) is 14.8. The Morgan fingerprint density at radius 3 is 2.00 bits per heavy atom. The first-order valence-corrected chi connectivity index (χ1v) is 12.5. The Balaban J connectivity index is 4.40. The summed E-state index contributed by atoms with van der Waals surface area (Å²) in [5, 5.41) is 0. The molecular weight excluding hydrogens is 264 g/mol. The summed E-state index contributed by atoms with van der Waals surface area (Å²) in [6.07, 6.45) is 0.437. The second-order valence-electron chi connectivity index (χ2n) is 5.31. The maximum Gasteiger partial charge on any atom is 0.202 e. The average Bonchev–Trinajstić information content (AvgIpc) is 2.23. The summed E-state index contributed by atoms with van der Waals surface area (Å²) in [5.74, 6) is 0. The molecule has 0 aromatic carbocycles. The van der Waals surface area contributed by atoms with Crippen LogP contribution in [-0.4, -0.2) is 42.8 Å². The van der Waals surface area contributed by atoms with Crippen molar-refractivity contribution in [1.82, 2.24) is 0 Å². The van der Waals surface area contributed by atoms with E-state index in [1.165, 1.54) is 0 Å². The van der Waals surface area contributed by atoms with Crippen LogP contribution in [0.25, 0.3) is 0 Å². The van der Waals surface area contributed by atoms with Crippen LogP contribution in [0.3, 0.4) is 0 Å². The van der Waals surface area contributed by atoms with Crippen molar-refractivity contribution in [2.24, 2.45) is 0 Å². The molecule has 0 heterocycles. The van der Waals surface area contributed by atoms with Gasteiger partial charge in [0, 0.05) is 7.11 Å². The van der Waals surface area contributed by atoms with E-state index in [9.17, 15) is 0 Å². The highest BCUT2D eigenvalue weighted by molar-refractivity contribution is 6.78. The summed E-state index contributed by atoms with van der Waals surface area (Å²) in [6, 6.07) is 0. The van der Waals surface area contributed by atoms with Crippen LogP contribution >= 0.6 is 0 Å². The zero-order valence-electron chi connectivity index (χ0n) is 13.1. The van der Waals surface area contributed by atoms with Crippen molar-refractivity contribution < 1.29 is 18.3 Å². The molecule has 0 aromatic rings. The summed E-state index contributed by atoms with van der Waals surface area (Å²) >= 11 is 0. The van der Waals surface area contributed by atoms with E-state index in [-0.39, 0.29) is 18.3 Å². The molecule has 3 unspecified atom stereocenters. The molecule has 4 nitrogen and oxygen atoms in total. The fourth-order valence-electron chi connectivity index (χ4n) is 2.02. The van der Waals surface area contributed by atoms with Gasteiger partial charge in [0.15, 0.2) is 21.6 Å². The third-order valence-corrected chi connectivity index (χ3v) is 9.17.